The molecule has 0 heterocycles. The monoisotopic (exact) mass is 237 g/mol. The van der Waals surface area contributed by atoms with Gasteiger partial charge in [-0.25, -0.2) is 0 Å². The number of phenolic OH excluding ortho intramolecular Hbond substituents is 1. The van der Waals surface area contributed by atoms with Crippen LogP contribution in [0, 0.1) is 0 Å². The van der Waals surface area contributed by atoms with Gasteiger partial charge in [-0.2, -0.15) is 0 Å². The number of nitrogens with two attached hydrogens (primary N) is 1. The highest BCUT2D eigenvalue weighted by molar-refractivity contribution is 6.01. The average molecular weight is 237 g/mol. The van der Waals surface area contributed by atoms with E-state index in [1.54, 1.807) is 6.07 Å². The van der Waals surface area contributed by atoms with Crippen LogP contribution < -0.4 is 10.5 Å². The van der Waals surface area contributed by atoms with Crippen LogP contribution in [0.1, 0.15) is 42.1 Å². The highest BCUT2D eigenvalue weighted by Crippen LogP contribution is 2.36. The van der Waals surface area contributed by atoms with Crippen molar-refractivity contribution in [3.8, 4) is 11.5 Å². The maximum atomic E-state index is 12.0. The van der Waals surface area contributed by atoms with Crippen LogP contribution in [-0.2, 0) is 0 Å². The quantitative estimate of drug-likeness (QED) is 0.769. The molecule has 94 valence electrons. The number of hydrogen-bond acceptors (Lipinski definition) is 4. The third-order valence-corrected chi connectivity index (χ3v) is 2.67. The molecule has 0 amide bonds. The van der Waals surface area contributed by atoms with E-state index in [1.165, 1.54) is 7.11 Å². The molecule has 0 saturated heterocycles. The third kappa shape index (κ3) is 2.77. The van der Waals surface area contributed by atoms with Crippen molar-refractivity contribution in [2.24, 2.45) is 5.73 Å². The minimum Gasteiger partial charge on any atom is -0.504 e. The number of methoxy groups -OCH3 is 1. The van der Waals surface area contributed by atoms with E-state index < -0.39 is 0 Å². The summed E-state index contributed by atoms with van der Waals surface area (Å²) in [6.45, 7) is 4.22. The third-order valence-electron chi connectivity index (χ3n) is 2.67. The van der Waals surface area contributed by atoms with Crippen LogP contribution in [0.3, 0.4) is 0 Å². The SMILES string of the molecule is COc1ccc(C(C)C)c(C(=O)CCN)c1O. The Morgan fingerprint density at radius 2 is 2.12 bits per heavy atom. The van der Waals surface area contributed by atoms with Gasteiger partial charge in [0.25, 0.3) is 0 Å². The number of phenols is 1. The summed E-state index contributed by atoms with van der Waals surface area (Å²) in [6.07, 6.45) is 0.223. The van der Waals surface area contributed by atoms with Gasteiger partial charge in [0, 0.05) is 6.42 Å². The average Bonchev–Trinajstić information content (AvgIpc) is 2.28. The molecule has 0 bridgehead atoms. The lowest BCUT2D eigenvalue weighted by Crippen LogP contribution is -2.11. The van der Waals surface area contributed by atoms with Gasteiger partial charge in [-0.3, -0.25) is 4.79 Å². The summed E-state index contributed by atoms with van der Waals surface area (Å²) >= 11 is 0. The van der Waals surface area contributed by atoms with Crippen LogP contribution in [-0.4, -0.2) is 24.5 Å². The molecule has 1 aromatic rings. The summed E-state index contributed by atoms with van der Waals surface area (Å²) in [5.41, 5.74) is 6.54. The number of carbonyl (C=O) groups excluding carboxylic acids is 1. The van der Waals surface area contributed by atoms with E-state index in [2.05, 4.69) is 0 Å². The molecule has 0 radical (unpaired) electrons. The smallest absolute Gasteiger partial charge is 0.168 e. The van der Waals surface area contributed by atoms with E-state index in [9.17, 15) is 9.90 Å². The summed E-state index contributed by atoms with van der Waals surface area (Å²) in [7, 11) is 1.46. The number of Topliss-reactive ketones (excluding diaryl/α,β-unsaturated/α-hetero) is 1. The minimum atomic E-state index is -0.146. The molecular formula is C13H19NO3. The molecule has 0 unspecified atom stereocenters. The maximum absolute atomic E-state index is 12.0. The second-order valence-corrected chi connectivity index (χ2v) is 4.20. The van der Waals surface area contributed by atoms with E-state index in [0.717, 1.165) is 5.56 Å². The fourth-order valence-corrected chi connectivity index (χ4v) is 1.78. The topological polar surface area (TPSA) is 72.5 Å². The Bertz CT molecular complexity index is 413. The predicted molar refractivity (Wildman–Crippen MR) is 66.7 cm³/mol. The van der Waals surface area contributed by atoms with Crippen molar-refractivity contribution in [1.82, 2.24) is 0 Å². The van der Waals surface area contributed by atoms with Crippen LogP contribution in [0.4, 0.5) is 0 Å². The zero-order valence-corrected chi connectivity index (χ0v) is 10.5. The van der Waals surface area contributed by atoms with Gasteiger partial charge in [0.15, 0.2) is 17.3 Å². The van der Waals surface area contributed by atoms with Gasteiger partial charge in [0.2, 0.25) is 0 Å². The van der Waals surface area contributed by atoms with E-state index in [-0.39, 0.29) is 30.4 Å². The first-order valence-corrected chi connectivity index (χ1v) is 5.66. The first kappa shape index (κ1) is 13.5. The van der Waals surface area contributed by atoms with Crippen LogP contribution in [0.2, 0.25) is 0 Å². The van der Waals surface area contributed by atoms with Crippen molar-refractivity contribution >= 4 is 5.78 Å². The number of carbonyl (C=O) groups is 1. The standard InChI is InChI=1S/C13H19NO3/c1-8(2)9-4-5-11(17-3)13(16)12(9)10(15)6-7-14/h4-5,8,16H,6-7,14H2,1-3H3. The normalized spacial score (nSPS) is 10.6. The van der Waals surface area contributed by atoms with Crippen LogP contribution in [0.15, 0.2) is 12.1 Å². The van der Waals surface area contributed by atoms with Crippen LogP contribution in [0.25, 0.3) is 0 Å². The molecule has 4 nitrogen and oxygen atoms in total. The van der Waals surface area contributed by atoms with Crippen molar-refractivity contribution in [1.29, 1.82) is 0 Å². The first-order chi connectivity index (χ1) is 8.02. The molecule has 0 saturated carbocycles. The Hall–Kier alpha value is -1.55. The largest absolute Gasteiger partial charge is 0.504 e. The van der Waals surface area contributed by atoms with Crippen molar-refractivity contribution in [3.63, 3.8) is 0 Å². The summed E-state index contributed by atoms with van der Waals surface area (Å²) in [5, 5.41) is 10.0. The number of ketones is 1. The molecule has 4 heteroatoms. The number of hydrogen-bond donors (Lipinski definition) is 2. The van der Waals surface area contributed by atoms with E-state index in [1.807, 2.05) is 19.9 Å². The number of rotatable bonds is 5. The molecule has 0 aliphatic carbocycles. The van der Waals surface area contributed by atoms with Crippen LogP contribution in [0.5, 0.6) is 11.5 Å². The van der Waals surface area contributed by atoms with Gasteiger partial charge in [-0.05, 0) is 24.1 Å². The molecule has 0 fully saturated rings. The second kappa shape index (κ2) is 5.68. The molecule has 1 rings (SSSR count). The molecule has 17 heavy (non-hydrogen) atoms. The Balaban J connectivity index is 3.34. The van der Waals surface area contributed by atoms with Gasteiger partial charge < -0.3 is 15.6 Å². The summed E-state index contributed by atoms with van der Waals surface area (Å²) < 4.78 is 5.02. The summed E-state index contributed by atoms with van der Waals surface area (Å²) in [4.78, 5) is 12.0. The van der Waals surface area contributed by atoms with Crippen molar-refractivity contribution in [2.75, 3.05) is 13.7 Å². The molecule has 0 atom stereocenters. The number of aromatic hydroxyl groups is 1. The fourth-order valence-electron chi connectivity index (χ4n) is 1.78. The van der Waals surface area contributed by atoms with Crippen molar-refractivity contribution in [2.45, 2.75) is 26.2 Å². The lowest BCUT2D eigenvalue weighted by Gasteiger charge is -2.15. The number of benzene rings is 1. The molecule has 0 aliphatic heterocycles. The fraction of sp³-hybridized carbons (Fsp3) is 0.462. The Morgan fingerprint density at radius 3 is 2.59 bits per heavy atom. The predicted octanol–water partition coefficient (Wildman–Crippen LogP) is 2.06. The van der Waals surface area contributed by atoms with Gasteiger partial charge in [-0.15, -0.1) is 0 Å². The van der Waals surface area contributed by atoms with Crippen molar-refractivity contribution in [3.05, 3.63) is 23.3 Å². The first-order valence-electron chi connectivity index (χ1n) is 5.66. The lowest BCUT2D eigenvalue weighted by atomic mass is 9.92. The molecule has 3 N–H and O–H groups in total. The van der Waals surface area contributed by atoms with Gasteiger partial charge in [0.1, 0.15) is 0 Å². The van der Waals surface area contributed by atoms with E-state index >= 15 is 0 Å². The Morgan fingerprint density at radius 1 is 1.47 bits per heavy atom. The molecule has 0 aromatic heterocycles. The van der Waals surface area contributed by atoms with Crippen LogP contribution >= 0.6 is 0 Å². The Kier molecular flexibility index (Phi) is 4.52. The van der Waals surface area contributed by atoms with Crippen molar-refractivity contribution < 1.29 is 14.6 Å². The molecule has 1 aromatic carbocycles. The highest BCUT2D eigenvalue weighted by Gasteiger charge is 2.20. The lowest BCUT2D eigenvalue weighted by molar-refractivity contribution is 0.0981. The van der Waals surface area contributed by atoms with Gasteiger partial charge >= 0.3 is 0 Å². The Labute approximate surface area is 101 Å². The zero-order valence-electron chi connectivity index (χ0n) is 10.5. The summed E-state index contributed by atoms with van der Waals surface area (Å²) in [6, 6.07) is 3.48. The molecule has 0 spiro atoms. The second-order valence-electron chi connectivity index (χ2n) is 4.20. The summed E-state index contributed by atoms with van der Waals surface area (Å²) in [5.74, 6) is 0.239. The zero-order chi connectivity index (χ0) is 13.0. The minimum absolute atomic E-state index is 0.0860. The van der Waals surface area contributed by atoms with Gasteiger partial charge in [-0.1, -0.05) is 19.9 Å². The molecular weight excluding hydrogens is 218 g/mol. The van der Waals surface area contributed by atoms with E-state index in [4.69, 9.17) is 10.5 Å². The number of ether oxygens (including phenoxy) is 1. The van der Waals surface area contributed by atoms with E-state index in [0.29, 0.717) is 11.3 Å². The highest BCUT2D eigenvalue weighted by atomic mass is 16.5. The maximum Gasteiger partial charge on any atom is 0.168 e. The van der Waals surface area contributed by atoms with Gasteiger partial charge in [0.05, 0.1) is 12.7 Å². The molecule has 0 aliphatic rings.